The van der Waals surface area contributed by atoms with E-state index in [9.17, 15) is 18.0 Å². The molecule has 4 rings (SSSR count). The van der Waals surface area contributed by atoms with Crippen LogP contribution in [0.15, 0.2) is 46.9 Å². The van der Waals surface area contributed by atoms with Crippen LogP contribution in [0.4, 0.5) is 5.69 Å². The SMILES string of the molecule is CCS(=O)(=O)N(CC(=O)N(Cc1cccc(Br)c1)C(C)C(=O)NC1CCCC1)c1ccc2c(c1)OCCO2. The van der Waals surface area contributed by atoms with Crippen molar-refractivity contribution in [3.8, 4) is 11.5 Å². The molecule has 2 aromatic carbocycles. The number of benzene rings is 2. The molecule has 0 aromatic heterocycles. The summed E-state index contributed by atoms with van der Waals surface area (Å²) in [5.74, 6) is 0.0230. The van der Waals surface area contributed by atoms with Crippen LogP contribution >= 0.6 is 15.9 Å². The smallest absolute Gasteiger partial charge is 0.244 e. The molecule has 1 saturated carbocycles. The van der Waals surface area contributed by atoms with E-state index < -0.39 is 28.5 Å². The summed E-state index contributed by atoms with van der Waals surface area (Å²) in [6.45, 7) is 3.67. The number of halogens is 1. The highest BCUT2D eigenvalue weighted by atomic mass is 79.9. The minimum absolute atomic E-state index is 0.0995. The first kappa shape index (κ1) is 28.2. The van der Waals surface area contributed by atoms with Gasteiger partial charge >= 0.3 is 0 Å². The van der Waals surface area contributed by atoms with Crippen molar-refractivity contribution in [2.45, 2.75) is 58.2 Å². The third-order valence-corrected chi connectivity index (χ3v) is 9.14. The summed E-state index contributed by atoms with van der Waals surface area (Å²) in [6.07, 6.45) is 3.98. The maximum absolute atomic E-state index is 13.8. The number of sulfonamides is 1. The van der Waals surface area contributed by atoms with Gasteiger partial charge < -0.3 is 19.7 Å². The van der Waals surface area contributed by atoms with E-state index in [1.807, 2.05) is 24.3 Å². The molecule has 1 unspecified atom stereocenters. The van der Waals surface area contributed by atoms with Gasteiger partial charge in [-0.3, -0.25) is 13.9 Å². The van der Waals surface area contributed by atoms with E-state index in [-0.39, 0.29) is 24.2 Å². The average Bonchev–Trinajstić information content (AvgIpc) is 3.42. The van der Waals surface area contributed by atoms with Gasteiger partial charge in [0.25, 0.3) is 0 Å². The minimum Gasteiger partial charge on any atom is -0.486 e. The van der Waals surface area contributed by atoms with Crippen molar-refractivity contribution in [1.29, 1.82) is 0 Å². The molecular formula is C27H34BrN3O6S. The van der Waals surface area contributed by atoms with Crippen LogP contribution in [0, 0.1) is 0 Å². The van der Waals surface area contributed by atoms with E-state index in [1.54, 1.807) is 25.1 Å². The van der Waals surface area contributed by atoms with Gasteiger partial charge in [0.05, 0.1) is 11.4 Å². The van der Waals surface area contributed by atoms with Gasteiger partial charge in [0.2, 0.25) is 21.8 Å². The fourth-order valence-corrected chi connectivity index (χ4v) is 6.21. The molecule has 1 fully saturated rings. The summed E-state index contributed by atoms with van der Waals surface area (Å²) in [6, 6.07) is 11.6. The van der Waals surface area contributed by atoms with Gasteiger partial charge in [-0.15, -0.1) is 0 Å². The Labute approximate surface area is 232 Å². The zero-order chi connectivity index (χ0) is 27.3. The fourth-order valence-electron chi connectivity index (χ4n) is 4.71. The highest BCUT2D eigenvalue weighted by molar-refractivity contribution is 9.10. The third kappa shape index (κ3) is 6.79. The predicted molar refractivity (Wildman–Crippen MR) is 149 cm³/mol. The van der Waals surface area contributed by atoms with Crippen LogP contribution in [0.25, 0.3) is 0 Å². The quantitative estimate of drug-likeness (QED) is 0.440. The van der Waals surface area contributed by atoms with Crippen LogP contribution < -0.4 is 19.1 Å². The molecule has 38 heavy (non-hydrogen) atoms. The highest BCUT2D eigenvalue weighted by Crippen LogP contribution is 2.35. The maximum atomic E-state index is 13.8. The lowest BCUT2D eigenvalue weighted by molar-refractivity contribution is -0.139. The van der Waals surface area contributed by atoms with E-state index >= 15 is 0 Å². The number of amides is 2. The highest BCUT2D eigenvalue weighted by Gasteiger charge is 2.32. The van der Waals surface area contributed by atoms with Crippen molar-refractivity contribution in [2.75, 3.05) is 29.8 Å². The predicted octanol–water partition coefficient (Wildman–Crippen LogP) is 3.85. The number of rotatable bonds is 10. The third-order valence-electron chi connectivity index (χ3n) is 6.90. The number of anilines is 1. The molecule has 0 bridgehead atoms. The second-order valence-corrected chi connectivity index (χ2v) is 12.7. The van der Waals surface area contributed by atoms with E-state index in [1.165, 1.54) is 11.8 Å². The number of ether oxygens (including phenoxy) is 2. The molecule has 2 amide bonds. The van der Waals surface area contributed by atoms with E-state index in [0.717, 1.165) is 40.0 Å². The molecule has 1 aliphatic heterocycles. The van der Waals surface area contributed by atoms with Gasteiger partial charge in [-0.25, -0.2) is 8.42 Å². The molecular weight excluding hydrogens is 574 g/mol. The second kappa shape index (κ2) is 12.4. The summed E-state index contributed by atoms with van der Waals surface area (Å²) >= 11 is 3.46. The number of nitrogens with one attached hydrogen (secondary N) is 1. The number of hydrogen-bond donors (Lipinski definition) is 1. The molecule has 2 aliphatic rings. The van der Waals surface area contributed by atoms with Gasteiger partial charge in [0, 0.05) is 23.1 Å². The lowest BCUT2D eigenvalue weighted by Crippen LogP contribution is -2.52. The Bertz CT molecular complexity index is 1270. The van der Waals surface area contributed by atoms with Crippen LogP contribution in [0.1, 0.15) is 45.1 Å². The number of carbonyl (C=O) groups is 2. The lowest BCUT2D eigenvalue weighted by atomic mass is 10.1. The molecule has 0 radical (unpaired) electrons. The van der Waals surface area contributed by atoms with Crippen LogP contribution in [0.5, 0.6) is 11.5 Å². The van der Waals surface area contributed by atoms with E-state index in [4.69, 9.17) is 9.47 Å². The Hall–Kier alpha value is -2.79. The number of carbonyl (C=O) groups excluding carboxylic acids is 2. The summed E-state index contributed by atoms with van der Waals surface area (Å²) < 4.78 is 39.5. The Balaban J connectivity index is 1.62. The molecule has 1 atom stereocenters. The number of hydrogen-bond acceptors (Lipinski definition) is 6. The van der Waals surface area contributed by atoms with Crippen LogP contribution in [-0.2, 0) is 26.2 Å². The van der Waals surface area contributed by atoms with Gasteiger partial charge in [-0.05, 0) is 56.5 Å². The van der Waals surface area contributed by atoms with Crippen molar-refractivity contribution in [3.05, 3.63) is 52.5 Å². The van der Waals surface area contributed by atoms with Crippen molar-refractivity contribution >= 4 is 43.5 Å². The first-order valence-corrected chi connectivity index (χ1v) is 15.3. The Morgan fingerprint density at radius 3 is 2.47 bits per heavy atom. The molecule has 206 valence electrons. The molecule has 1 N–H and O–H groups in total. The van der Waals surface area contributed by atoms with Gasteiger partial charge in [-0.1, -0.05) is 40.9 Å². The standard InChI is InChI=1S/C27H34BrN3O6S/c1-3-38(34,35)31(23-11-12-24-25(16-23)37-14-13-36-24)18-26(32)30(17-20-7-6-8-21(28)15-20)19(2)27(33)29-22-9-4-5-10-22/h6-8,11-12,15-16,19,22H,3-5,9-10,13-14,17-18H2,1-2H3,(H,29,33). The van der Waals surface area contributed by atoms with Crippen molar-refractivity contribution < 1.29 is 27.5 Å². The Morgan fingerprint density at radius 2 is 1.79 bits per heavy atom. The van der Waals surface area contributed by atoms with Gasteiger partial charge in [0.1, 0.15) is 25.8 Å². The molecule has 1 aliphatic carbocycles. The zero-order valence-electron chi connectivity index (χ0n) is 21.7. The van der Waals surface area contributed by atoms with Crippen molar-refractivity contribution in [3.63, 3.8) is 0 Å². The molecule has 0 spiro atoms. The van der Waals surface area contributed by atoms with Crippen LogP contribution in [0.3, 0.4) is 0 Å². The topological polar surface area (TPSA) is 105 Å². The van der Waals surface area contributed by atoms with Crippen LogP contribution in [0.2, 0.25) is 0 Å². The fraction of sp³-hybridized carbons (Fsp3) is 0.481. The normalized spacial score (nSPS) is 16.1. The van der Waals surface area contributed by atoms with Crippen molar-refractivity contribution in [2.24, 2.45) is 0 Å². The molecule has 11 heteroatoms. The monoisotopic (exact) mass is 607 g/mol. The van der Waals surface area contributed by atoms with E-state index in [2.05, 4.69) is 21.2 Å². The summed E-state index contributed by atoms with van der Waals surface area (Å²) in [5.41, 5.74) is 1.12. The molecule has 0 saturated heterocycles. The zero-order valence-corrected chi connectivity index (χ0v) is 24.1. The maximum Gasteiger partial charge on any atom is 0.244 e. The summed E-state index contributed by atoms with van der Waals surface area (Å²) in [7, 11) is -3.83. The first-order chi connectivity index (χ1) is 18.2. The number of nitrogens with zero attached hydrogens (tertiary/aromatic N) is 2. The summed E-state index contributed by atoms with van der Waals surface area (Å²) in [4.78, 5) is 28.5. The van der Waals surface area contributed by atoms with Gasteiger partial charge in [-0.2, -0.15) is 0 Å². The molecule has 2 aromatic rings. The van der Waals surface area contributed by atoms with Crippen LogP contribution in [-0.4, -0.2) is 62.7 Å². The van der Waals surface area contributed by atoms with Crippen molar-refractivity contribution in [1.82, 2.24) is 10.2 Å². The lowest BCUT2D eigenvalue weighted by Gasteiger charge is -2.32. The Morgan fingerprint density at radius 1 is 1.08 bits per heavy atom. The van der Waals surface area contributed by atoms with E-state index in [0.29, 0.717) is 30.4 Å². The summed E-state index contributed by atoms with van der Waals surface area (Å²) in [5, 5.41) is 3.07. The molecule has 9 nitrogen and oxygen atoms in total. The van der Waals surface area contributed by atoms with Gasteiger partial charge in [0.15, 0.2) is 11.5 Å². The second-order valence-electron chi connectivity index (χ2n) is 9.55. The number of fused-ring (bicyclic) bond motifs is 1. The first-order valence-electron chi connectivity index (χ1n) is 12.9. The largest absolute Gasteiger partial charge is 0.486 e. The minimum atomic E-state index is -3.83. The Kier molecular flexibility index (Phi) is 9.19. The average molecular weight is 609 g/mol. The molecule has 1 heterocycles.